The summed E-state index contributed by atoms with van der Waals surface area (Å²) in [6.07, 6.45) is 3.71. The molecule has 0 unspecified atom stereocenters. The molecule has 1 saturated heterocycles. The molecule has 1 N–H and O–H groups in total. The molecule has 1 aliphatic rings. The van der Waals surface area contributed by atoms with E-state index in [9.17, 15) is 4.39 Å². The van der Waals surface area contributed by atoms with Crippen molar-refractivity contribution in [2.45, 2.75) is 31.8 Å². The Labute approximate surface area is 103 Å². The molecule has 0 spiro atoms. The normalized spacial score (nSPS) is 22.4. The van der Waals surface area contributed by atoms with Gasteiger partial charge in [0.05, 0.1) is 0 Å². The minimum atomic E-state index is -0.162. The number of rotatable bonds is 3. The van der Waals surface area contributed by atoms with Gasteiger partial charge in [-0.1, -0.05) is 12.1 Å². The standard InChI is InChI=1S/C14H21FN2/c1-17-9-2-3-14(8-10-17)16-11-12-4-6-13(15)7-5-12/h4-7,14,16H,2-3,8-11H2,1H3/t14-/m0/s1. The molecule has 94 valence electrons. The third kappa shape index (κ3) is 4.10. The highest BCUT2D eigenvalue weighted by molar-refractivity contribution is 5.15. The molecule has 0 aromatic heterocycles. The molecule has 0 aliphatic carbocycles. The molecule has 2 nitrogen and oxygen atoms in total. The van der Waals surface area contributed by atoms with Gasteiger partial charge in [0.25, 0.3) is 0 Å². The lowest BCUT2D eigenvalue weighted by Gasteiger charge is -2.16. The smallest absolute Gasteiger partial charge is 0.123 e. The summed E-state index contributed by atoms with van der Waals surface area (Å²) in [7, 11) is 2.18. The summed E-state index contributed by atoms with van der Waals surface area (Å²) < 4.78 is 12.8. The second kappa shape index (κ2) is 6.12. The van der Waals surface area contributed by atoms with Gasteiger partial charge in [-0.25, -0.2) is 4.39 Å². The second-order valence-electron chi connectivity index (χ2n) is 4.94. The maximum Gasteiger partial charge on any atom is 0.123 e. The molecule has 2 rings (SSSR count). The third-order valence-electron chi connectivity index (χ3n) is 3.46. The SMILES string of the molecule is CN1CCC[C@H](NCc2ccc(F)cc2)CC1. The first-order chi connectivity index (χ1) is 8.24. The van der Waals surface area contributed by atoms with Crippen LogP contribution in [0, 0.1) is 5.82 Å². The Morgan fingerprint density at radius 2 is 2.00 bits per heavy atom. The minimum Gasteiger partial charge on any atom is -0.310 e. The van der Waals surface area contributed by atoms with Crippen molar-refractivity contribution in [1.82, 2.24) is 10.2 Å². The fourth-order valence-corrected chi connectivity index (χ4v) is 2.31. The van der Waals surface area contributed by atoms with E-state index < -0.39 is 0 Å². The van der Waals surface area contributed by atoms with Gasteiger partial charge in [-0.3, -0.25) is 0 Å². The molecule has 1 aliphatic heterocycles. The van der Waals surface area contributed by atoms with Crippen LogP contribution >= 0.6 is 0 Å². The monoisotopic (exact) mass is 236 g/mol. The average molecular weight is 236 g/mol. The molecule has 17 heavy (non-hydrogen) atoms. The third-order valence-corrected chi connectivity index (χ3v) is 3.46. The Bertz CT molecular complexity index is 337. The number of halogens is 1. The topological polar surface area (TPSA) is 15.3 Å². The highest BCUT2D eigenvalue weighted by Gasteiger charge is 2.13. The van der Waals surface area contributed by atoms with Gasteiger partial charge in [-0.2, -0.15) is 0 Å². The first-order valence-corrected chi connectivity index (χ1v) is 6.40. The van der Waals surface area contributed by atoms with Crippen LogP contribution < -0.4 is 5.32 Å². The van der Waals surface area contributed by atoms with Crippen LogP contribution in [-0.2, 0) is 6.54 Å². The van der Waals surface area contributed by atoms with Crippen LogP contribution in [-0.4, -0.2) is 31.1 Å². The maximum atomic E-state index is 12.8. The van der Waals surface area contributed by atoms with E-state index in [-0.39, 0.29) is 5.82 Å². The zero-order chi connectivity index (χ0) is 12.1. The molecule has 1 aromatic rings. The molecule has 0 saturated carbocycles. The van der Waals surface area contributed by atoms with E-state index in [0.29, 0.717) is 6.04 Å². The van der Waals surface area contributed by atoms with Gasteiger partial charge in [0.15, 0.2) is 0 Å². The van der Waals surface area contributed by atoms with Crippen molar-refractivity contribution in [3.05, 3.63) is 35.6 Å². The van der Waals surface area contributed by atoms with E-state index in [1.54, 1.807) is 0 Å². The molecule has 0 bridgehead atoms. The highest BCUT2D eigenvalue weighted by atomic mass is 19.1. The first kappa shape index (κ1) is 12.5. The fraction of sp³-hybridized carbons (Fsp3) is 0.571. The molecular weight excluding hydrogens is 215 g/mol. The van der Waals surface area contributed by atoms with Gasteiger partial charge >= 0.3 is 0 Å². The predicted octanol–water partition coefficient (Wildman–Crippen LogP) is 2.40. The molecular formula is C14H21FN2. The average Bonchev–Trinajstić information content (AvgIpc) is 2.54. The molecule has 1 atom stereocenters. The number of hydrogen-bond acceptors (Lipinski definition) is 2. The summed E-state index contributed by atoms with van der Waals surface area (Å²) in [5.74, 6) is -0.162. The zero-order valence-electron chi connectivity index (χ0n) is 10.5. The number of likely N-dealkylation sites (tertiary alicyclic amines) is 1. The lowest BCUT2D eigenvalue weighted by molar-refractivity contribution is 0.343. The summed E-state index contributed by atoms with van der Waals surface area (Å²) in [4.78, 5) is 2.39. The van der Waals surface area contributed by atoms with Crippen molar-refractivity contribution in [2.24, 2.45) is 0 Å². The van der Waals surface area contributed by atoms with Crippen molar-refractivity contribution in [3.63, 3.8) is 0 Å². The Hall–Kier alpha value is -0.930. The van der Waals surface area contributed by atoms with Gasteiger partial charge in [-0.15, -0.1) is 0 Å². The summed E-state index contributed by atoms with van der Waals surface area (Å²) in [6, 6.07) is 7.36. The van der Waals surface area contributed by atoms with Crippen molar-refractivity contribution in [1.29, 1.82) is 0 Å². The molecule has 0 radical (unpaired) electrons. The number of hydrogen-bond donors (Lipinski definition) is 1. The van der Waals surface area contributed by atoms with Crippen molar-refractivity contribution in [3.8, 4) is 0 Å². The lowest BCUT2D eigenvalue weighted by atomic mass is 10.1. The van der Waals surface area contributed by atoms with E-state index in [1.165, 1.54) is 44.5 Å². The van der Waals surface area contributed by atoms with Crippen LogP contribution in [0.5, 0.6) is 0 Å². The van der Waals surface area contributed by atoms with Gasteiger partial charge in [0, 0.05) is 12.6 Å². The van der Waals surface area contributed by atoms with Crippen molar-refractivity contribution in [2.75, 3.05) is 20.1 Å². The first-order valence-electron chi connectivity index (χ1n) is 6.40. The molecule has 0 amide bonds. The van der Waals surface area contributed by atoms with Crippen LogP contribution in [0.25, 0.3) is 0 Å². The van der Waals surface area contributed by atoms with Crippen LogP contribution in [0.15, 0.2) is 24.3 Å². The van der Waals surface area contributed by atoms with Crippen molar-refractivity contribution >= 4 is 0 Å². The molecule has 1 aromatic carbocycles. The van der Waals surface area contributed by atoms with E-state index in [4.69, 9.17) is 0 Å². The van der Waals surface area contributed by atoms with E-state index in [2.05, 4.69) is 17.3 Å². The number of nitrogens with one attached hydrogen (secondary N) is 1. The van der Waals surface area contributed by atoms with Crippen LogP contribution in [0.2, 0.25) is 0 Å². The Kier molecular flexibility index (Phi) is 4.51. The van der Waals surface area contributed by atoms with Gasteiger partial charge in [0.1, 0.15) is 5.82 Å². The van der Waals surface area contributed by atoms with Crippen LogP contribution in [0.1, 0.15) is 24.8 Å². The van der Waals surface area contributed by atoms with Crippen LogP contribution in [0.3, 0.4) is 0 Å². The second-order valence-corrected chi connectivity index (χ2v) is 4.94. The Morgan fingerprint density at radius 1 is 1.24 bits per heavy atom. The zero-order valence-corrected chi connectivity index (χ0v) is 10.5. The molecule has 1 fully saturated rings. The number of nitrogens with zero attached hydrogens (tertiary/aromatic N) is 1. The minimum absolute atomic E-state index is 0.162. The quantitative estimate of drug-likeness (QED) is 0.867. The van der Waals surface area contributed by atoms with Gasteiger partial charge in [0.2, 0.25) is 0 Å². The molecule has 3 heteroatoms. The van der Waals surface area contributed by atoms with Gasteiger partial charge in [-0.05, 0) is 57.1 Å². The van der Waals surface area contributed by atoms with Crippen LogP contribution in [0.4, 0.5) is 4.39 Å². The fourth-order valence-electron chi connectivity index (χ4n) is 2.31. The lowest BCUT2D eigenvalue weighted by Crippen LogP contribution is -2.29. The summed E-state index contributed by atoms with van der Waals surface area (Å²) in [5, 5.41) is 3.57. The number of benzene rings is 1. The summed E-state index contributed by atoms with van der Waals surface area (Å²) in [6.45, 7) is 3.21. The van der Waals surface area contributed by atoms with E-state index in [1.807, 2.05) is 12.1 Å². The predicted molar refractivity (Wildman–Crippen MR) is 68.4 cm³/mol. The highest BCUT2D eigenvalue weighted by Crippen LogP contribution is 2.10. The Morgan fingerprint density at radius 3 is 2.76 bits per heavy atom. The van der Waals surface area contributed by atoms with E-state index in [0.717, 1.165) is 12.1 Å². The largest absolute Gasteiger partial charge is 0.310 e. The van der Waals surface area contributed by atoms with Crippen molar-refractivity contribution < 1.29 is 4.39 Å². The van der Waals surface area contributed by atoms with E-state index >= 15 is 0 Å². The summed E-state index contributed by atoms with van der Waals surface area (Å²) in [5.41, 5.74) is 1.16. The molecule has 1 heterocycles. The van der Waals surface area contributed by atoms with Gasteiger partial charge < -0.3 is 10.2 Å². The summed E-state index contributed by atoms with van der Waals surface area (Å²) >= 11 is 0. The Balaban J connectivity index is 1.79. The maximum absolute atomic E-state index is 12.8.